The Hall–Kier alpha value is -4.21. The maximum Gasteiger partial charge on any atom is 0.202 e. The van der Waals surface area contributed by atoms with E-state index in [0.717, 1.165) is 0 Å². The van der Waals surface area contributed by atoms with Crippen LogP contribution in [0.25, 0.3) is 0 Å². The Morgan fingerprint density at radius 2 is 1.89 bits per heavy atom. The number of nitrogens with zero attached hydrogens (tertiary/aromatic N) is 3. The Bertz CT molecular complexity index is 1700. The number of benzene rings is 2. The summed E-state index contributed by atoms with van der Waals surface area (Å²) in [5.41, 5.74) is -2.98. The number of methoxy groups -OCH3 is 1. The molecule has 3 aromatic rings. The minimum Gasteiger partial charge on any atom is -0.507 e. The summed E-state index contributed by atoms with van der Waals surface area (Å²) >= 11 is 0. The molecule has 0 radical (unpaired) electrons. The summed E-state index contributed by atoms with van der Waals surface area (Å²) in [5, 5.41) is 62.6. The lowest BCUT2D eigenvalue weighted by Gasteiger charge is -2.42. The first kappa shape index (κ1) is 29.8. The summed E-state index contributed by atoms with van der Waals surface area (Å²) in [6.07, 6.45) is -3.58. The first-order chi connectivity index (χ1) is 20.9. The molecular weight excluding hydrogens is 578 g/mol. The lowest BCUT2D eigenvalue weighted by Crippen LogP contribution is -2.48. The molecule has 0 spiro atoms. The highest BCUT2D eigenvalue weighted by molar-refractivity contribution is 6.31. The highest BCUT2D eigenvalue weighted by Gasteiger charge is 2.49. The van der Waals surface area contributed by atoms with Gasteiger partial charge in [-0.05, 0) is 19.9 Å². The summed E-state index contributed by atoms with van der Waals surface area (Å²) in [6, 6.07) is 3.70. The van der Waals surface area contributed by atoms with Crippen LogP contribution in [0, 0.1) is 0 Å². The summed E-state index contributed by atoms with van der Waals surface area (Å²) < 4.78 is 18.8. The third-order valence-electron chi connectivity index (χ3n) is 8.78. The number of hydrogen-bond acceptors (Lipinski definition) is 13. The highest BCUT2D eigenvalue weighted by atomic mass is 16.7. The monoisotopic (exact) mass is 609 g/mol. The van der Waals surface area contributed by atoms with Gasteiger partial charge in [0.25, 0.3) is 0 Å². The van der Waals surface area contributed by atoms with Gasteiger partial charge in [0.15, 0.2) is 17.9 Å². The smallest absolute Gasteiger partial charge is 0.202 e. The van der Waals surface area contributed by atoms with Gasteiger partial charge in [-0.1, -0.05) is 17.3 Å². The van der Waals surface area contributed by atoms with Crippen molar-refractivity contribution in [1.29, 1.82) is 0 Å². The molecule has 2 aromatic carbocycles. The van der Waals surface area contributed by atoms with Crippen LogP contribution in [0.5, 0.6) is 17.2 Å². The lowest BCUT2D eigenvalue weighted by molar-refractivity contribution is -0.255. The van der Waals surface area contributed by atoms with Crippen molar-refractivity contribution in [1.82, 2.24) is 15.0 Å². The fourth-order valence-electron chi connectivity index (χ4n) is 6.41. The predicted molar refractivity (Wildman–Crippen MR) is 147 cm³/mol. The molecule has 232 valence electrons. The second kappa shape index (κ2) is 10.7. The van der Waals surface area contributed by atoms with Crippen molar-refractivity contribution in [3.63, 3.8) is 0 Å². The summed E-state index contributed by atoms with van der Waals surface area (Å²) in [4.78, 5) is 40.1. The Labute approximate surface area is 250 Å². The van der Waals surface area contributed by atoms with Gasteiger partial charge >= 0.3 is 0 Å². The van der Waals surface area contributed by atoms with Crippen LogP contribution in [0.15, 0.2) is 24.4 Å². The maximum atomic E-state index is 13.8. The Balaban J connectivity index is 1.45. The number of aliphatic hydroxyl groups is 3. The predicted octanol–water partition coefficient (Wildman–Crippen LogP) is 1.03. The lowest BCUT2D eigenvalue weighted by atomic mass is 9.72. The molecule has 1 aliphatic heterocycles. The zero-order valence-electron chi connectivity index (χ0n) is 24.1. The zero-order chi connectivity index (χ0) is 31.7. The van der Waals surface area contributed by atoms with E-state index in [1.807, 2.05) is 0 Å². The standard InChI is InChI=1S/C30H31N3O11/c1-12-25(36)17(33-10-14(11-34)31-32-33)7-20(43-12)44-19-9-30(41,13(2)35)8-16-22(19)29(40)24-23(27(16)38)26(37)15-5-4-6-18(42-3)21(15)28(24)39/h4-6,10,12,17,19-20,25,34,36,38,40-41H,7-9,11H2,1-3H3/t12-,17-,19-,20-,25+,30-/m0/s1. The van der Waals surface area contributed by atoms with Crippen LogP contribution in [0.2, 0.25) is 0 Å². The second-order valence-corrected chi connectivity index (χ2v) is 11.4. The molecule has 2 heterocycles. The van der Waals surface area contributed by atoms with Crippen LogP contribution in [0.4, 0.5) is 0 Å². The van der Waals surface area contributed by atoms with Gasteiger partial charge in [0, 0.05) is 36.0 Å². The van der Waals surface area contributed by atoms with Gasteiger partial charge in [-0.15, -0.1) is 5.10 Å². The first-order valence-corrected chi connectivity index (χ1v) is 14.0. The number of carbonyl (C=O) groups excluding carboxylic acids is 3. The number of aromatic hydroxyl groups is 2. The van der Waals surface area contributed by atoms with E-state index < -0.39 is 82.6 Å². The molecule has 14 nitrogen and oxygen atoms in total. The Morgan fingerprint density at radius 1 is 1.16 bits per heavy atom. The average molecular weight is 610 g/mol. The maximum absolute atomic E-state index is 13.8. The number of ketones is 3. The van der Waals surface area contributed by atoms with Crippen LogP contribution in [0.1, 0.15) is 87.5 Å². The number of phenolic OH excluding ortho intramolecular Hbond substituents is 2. The summed E-state index contributed by atoms with van der Waals surface area (Å²) in [6.45, 7) is 2.41. The normalized spacial score (nSPS) is 27.8. The molecule has 14 heteroatoms. The summed E-state index contributed by atoms with van der Waals surface area (Å²) in [5.74, 6) is -3.33. The molecule has 6 rings (SSSR count). The van der Waals surface area contributed by atoms with Crippen molar-refractivity contribution in [2.24, 2.45) is 0 Å². The van der Waals surface area contributed by atoms with Crippen LogP contribution in [0.3, 0.4) is 0 Å². The van der Waals surface area contributed by atoms with E-state index >= 15 is 0 Å². The number of fused-ring (bicyclic) bond motifs is 3. The molecule has 2 aliphatic carbocycles. The number of aliphatic hydroxyl groups excluding tert-OH is 2. The molecule has 1 aromatic heterocycles. The van der Waals surface area contributed by atoms with Gasteiger partial charge in [0.1, 0.15) is 34.6 Å². The first-order valence-electron chi connectivity index (χ1n) is 14.0. The van der Waals surface area contributed by atoms with Gasteiger partial charge < -0.3 is 39.7 Å². The molecule has 0 bridgehead atoms. The minimum absolute atomic E-state index is 0.00371. The topological polar surface area (TPSA) is 211 Å². The van der Waals surface area contributed by atoms with Crippen molar-refractivity contribution in [2.45, 2.75) is 76.0 Å². The van der Waals surface area contributed by atoms with Crippen molar-refractivity contribution >= 4 is 17.3 Å². The number of hydrogen-bond donors (Lipinski definition) is 5. The van der Waals surface area contributed by atoms with E-state index in [9.17, 15) is 39.9 Å². The third-order valence-corrected chi connectivity index (χ3v) is 8.78. The SMILES string of the molecule is COc1cccc2c1C(=O)c1c(O)c3c(c(O)c1C2=O)C[C@@](O)(C(C)=O)C[C@@H]3O[C@H]1C[C@H](n2cc(CO)nn2)[C@H](O)[C@H](C)O1. The minimum atomic E-state index is -2.06. The molecule has 6 atom stereocenters. The van der Waals surface area contributed by atoms with E-state index in [4.69, 9.17) is 14.2 Å². The number of carbonyl (C=O) groups is 3. The number of phenols is 2. The fourth-order valence-corrected chi connectivity index (χ4v) is 6.41. The van der Waals surface area contributed by atoms with E-state index in [-0.39, 0.29) is 53.1 Å². The zero-order valence-corrected chi connectivity index (χ0v) is 24.1. The van der Waals surface area contributed by atoms with Gasteiger partial charge in [-0.2, -0.15) is 0 Å². The number of aromatic nitrogens is 3. The van der Waals surface area contributed by atoms with Gasteiger partial charge in [0.2, 0.25) is 5.78 Å². The van der Waals surface area contributed by atoms with Crippen LogP contribution in [-0.2, 0) is 27.3 Å². The molecular formula is C30H31N3O11. The molecule has 44 heavy (non-hydrogen) atoms. The third kappa shape index (κ3) is 4.49. The van der Waals surface area contributed by atoms with Gasteiger partial charge in [-0.25, -0.2) is 4.68 Å². The average Bonchev–Trinajstić information content (AvgIpc) is 3.48. The second-order valence-electron chi connectivity index (χ2n) is 11.4. The fraction of sp³-hybridized carbons (Fsp3) is 0.433. The Kier molecular flexibility index (Phi) is 7.29. The molecule has 5 N–H and O–H groups in total. The van der Waals surface area contributed by atoms with Crippen molar-refractivity contribution < 1.29 is 54.1 Å². The van der Waals surface area contributed by atoms with Crippen LogP contribution >= 0.6 is 0 Å². The van der Waals surface area contributed by atoms with Crippen molar-refractivity contribution in [3.05, 3.63) is 63.5 Å². The number of Topliss-reactive ketones (excluding diaryl/α,β-unsaturated/α-hetero) is 1. The molecule has 0 amide bonds. The van der Waals surface area contributed by atoms with Crippen LogP contribution in [-0.4, -0.2) is 89.1 Å². The molecule has 1 saturated heterocycles. The largest absolute Gasteiger partial charge is 0.507 e. The number of rotatable bonds is 6. The van der Waals surface area contributed by atoms with E-state index in [0.29, 0.717) is 0 Å². The van der Waals surface area contributed by atoms with E-state index in [1.165, 1.54) is 43.1 Å². The van der Waals surface area contributed by atoms with E-state index in [1.54, 1.807) is 6.92 Å². The van der Waals surface area contributed by atoms with E-state index in [2.05, 4.69) is 10.3 Å². The molecule has 0 unspecified atom stereocenters. The summed E-state index contributed by atoms with van der Waals surface area (Å²) in [7, 11) is 1.33. The molecule has 3 aliphatic rings. The number of ether oxygens (including phenoxy) is 3. The highest BCUT2D eigenvalue weighted by Crippen LogP contribution is 2.52. The van der Waals surface area contributed by atoms with Crippen LogP contribution < -0.4 is 4.74 Å². The quantitative estimate of drug-likeness (QED) is 0.194. The Morgan fingerprint density at radius 3 is 2.55 bits per heavy atom. The molecule has 0 saturated carbocycles. The van der Waals surface area contributed by atoms with Gasteiger partial charge in [0.05, 0.1) is 54.9 Å². The van der Waals surface area contributed by atoms with Crippen molar-refractivity contribution in [2.75, 3.05) is 7.11 Å². The van der Waals surface area contributed by atoms with Crippen molar-refractivity contribution in [3.8, 4) is 17.2 Å². The van der Waals surface area contributed by atoms with Gasteiger partial charge in [-0.3, -0.25) is 14.4 Å². The molecule has 1 fully saturated rings.